The van der Waals surface area contributed by atoms with Crippen molar-refractivity contribution in [3.63, 3.8) is 0 Å². The molecule has 0 spiro atoms. The van der Waals surface area contributed by atoms with E-state index in [1.165, 1.54) is 17.0 Å². The van der Waals surface area contributed by atoms with Crippen LogP contribution in [0.1, 0.15) is 36.6 Å². The van der Waals surface area contributed by atoms with Gasteiger partial charge in [0.1, 0.15) is 17.3 Å². The van der Waals surface area contributed by atoms with Gasteiger partial charge in [-0.3, -0.25) is 9.59 Å². The van der Waals surface area contributed by atoms with Gasteiger partial charge in [0, 0.05) is 12.1 Å². The van der Waals surface area contributed by atoms with Crippen LogP contribution in [0.2, 0.25) is 0 Å². The Bertz CT molecular complexity index is 1190. The van der Waals surface area contributed by atoms with Gasteiger partial charge in [-0.1, -0.05) is 42.5 Å². The van der Waals surface area contributed by atoms with Crippen LogP contribution < -0.4 is 4.74 Å². The molecule has 1 unspecified atom stereocenters. The molecule has 1 fully saturated rings. The normalized spacial score (nSPS) is 17.6. The van der Waals surface area contributed by atoms with Gasteiger partial charge in [0.15, 0.2) is 0 Å². The van der Waals surface area contributed by atoms with E-state index < -0.39 is 17.7 Å². The van der Waals surface area contributed by atoms with E-state index in [0.717, 1.165) is 0 Å². The van der Waals surface area contributed by atoms with E-state index in [-0.39, 0.29) is 29.8 Å². The van der Waals surface area contributed by atoms with Crippen molar-refractivity contribution in [2.24, 2.45) is 0 Å². The highest BCUT2D eigenvalue weighted by molar-refractivity contribution is 6.46. The number of aliphatic hydroxyl groups is 1. The third kappa shape index (κ3) is 4.65. The smallest absolute Gasteiger partial charge is 0.295 e. The molecule has 1 atom stereocenters. The third-order valence-electron chi connectivity index (χ3n) is 5.42. The van der Waals surface area contributed by atoms with Crippen molar-refractivity contribution < 1.29 is 23.8 Å². The maximum Gasteiger partial charge on any atom is 0.295 e. The number of ketones is 1. The Hall–Kier alpha value is -3.93. The summed E-state index contributed by atoms with van der Waals surface area (Å²) in [4.78, 5) is 27.5. The summed E-state index contributed by atoms with van der Waals surface area (Å²) in [5.41, 5.74) is 1.80. The maximum atomic E-state index is 13.4. The van der Waals surface area contributed by atoms with E-state index in [9.17, 15) is 19.1 Å². The molecule has 0 radical (unpaired) electrons. The number of nitrogens with zero attached hydrogens (tertiary/aromatic N) is 1. The van der Waals surface area contributed by atoms with Crippen molar-refractivity contribution in [1.29, 1.82) is 0 Å². The lowest BCUT2D eigenvalue weighted by atomic mass is 9.95. The van der Waals surface area contributed by atoms with Crippen molar-refractivity contribution in [1.82, 2.24) is 4.90 Å². The molecule has 0 aliphatic carbocycles. The summed E-state index contributed by atoms with van der Waals surface area (Å²) in [5, 5.41) is 11.1. The van der Waals surface area contributed by atoms with Crippen LogP contribution in [0.5, 0.6) is 5.75 Å². The Labute approximate surface area is 191 Å². The first-order valence-corrected chi connectivity index (χ1v) is 10.7. The first-order valence-electron chi connectivity index (χ1n) is 10.7. The highest BCUT2D eigenvalue weighted by atomic mass is 19.1. The molecule has 0 aromatic heterocycles. The van der Waals surface area contributed by atoms with Crippen LogP contribution in [0.25, 0.3) is 5.76 Å². The highest BCUT2D eigenvalue weighted by Gasteiger charge is 2.46. The molecule has 0 bridgehead atoms. The summed E-state index contributed by atoms with van der Waals surface area (Å²) in [6.45, 7) is 3.93. The molecule has 4 rings (SSSR count). The molecule has 1 aliphatic heterocycles. The molecular formula is C27H24FNO4. The lowest BCUT2D eigenvalue weighted by molar-refractivity contribution is -0.140. The van der Waals surface area contributed by atoms with Gasteiger partial charge in [0.25, 0.3) is 11.7 Å². The first-order chi connectivity index (χ1) is 15.8. The van der Waals surface area contributed by atoms with Crippen molar-refractivity contribution in [3.05, 3.63) is 107 Å². The third-order valence-corrected chi connectivity index (χ3v) is 5.42. The van der Waals surface area contributed by atoms with Crippen LogP contribution in [0.3, 0.4) is 0 Å². The largest absolute Gasteiger partial charge is 0.507 e. The van der Waals surface area contributed by atoms with Crippen LogP contribution in [0.15, 0.2) is 84.4 Å². The minimum Gasteiger partial charge on any atom is -0.507 e. The molecule has 1 saturated heterocycles. The fourth-order valence-electron chi connectivity index (χ4n) is 3.93. The Morgan fingerprint density at radius 1 is 0.970 bits per heavy atom. The van der Waals surface area contributed by atoms with Crippen LogP contribution in [-0.2, 0) is 16.1 Å². The van der Waals surface area contributed by atoms with Crippen LogP contribution in [0.4, 0.5) is 4.39 Å². The Morgan fingerprint density at radius 2 is 1.61 bits per heavy atom. The highest BCUT2D eigenvalue weighted by Crippen LogP contribution is 2.40. The Balaban J connectivity index is 1.77. The molecule has 1 N–H and O–H groups in total. The molecule has 0 saturated carbocycles. The molecular weight excluding hydrogens is 421 g/mol. The molecule has 1 heterocycles. The second kappa shape index (κ2) is 9.28. The van der Waals surface area contributed by atoms with E-state index in [1.807, 2.05) is 32.0 Å². The molecule has 1 aliphatic rings. The summed E-state index contributed by atoms with van der Waals surface area (Å²) >= 11 is 0. The number of hydrogen-bond acceptors (Lipinski definition) is 4. The molecule has 3 aromatic rings. The van der Waals surface area contributed by atoms with Gasteiger partial charge in [-0.15, -0.1) is 0 Å². The van der Waals surface area contributed by atoms with Gasteiger partial charge in [-0.2, -0.15) is 0 Å². The number of ether oxygens (including phenoxy) is 1. The average molecular weight is 445 g/mol. The quantitative estimate of drug-likeness (QED) is 0.320. The van der Waals surface area contributed by atoms with Crippen LogP contribution in [-0.4, -0.2) is 27.8 Å². The second-order valence-electron chi connectivity index (χ2n) is 8.16. The maximum absolute atomic E-state index is 13.4. The SMILES string of the molecule is CC(C)Oc1ccc(/C(O)=C2/C(=O)C(=O)N(Cc3ccc(F)cc3)C2c2ccccc2)cc1. The molecule has 5 nitrogen and oxygen atoms in total. The number of hydrogen-bond donors (Lipinski definition) is 1. The Kier molecular flexibility index (Phi) is 6.27. The fourth-order valence-corrected chi connectivity index (χ4v) is 3.93. The number of Topliss-reactive ketones (excluding diaryl/α,β-unsaturated/α-hetero) is 1. The van der Waals surface area contributed by atoms with Gasteiger partial charge < -0.3 is 14.7 Å². The van der Waals surface area contributed by atoms with E-state index in [4.69, 9.17) is 4.74 Å². The Morgan fingerprint density at radius 3 is 2.21 bits per heavy atom. The predicted octanol–water partition coefficient (Wildman–Crippen LogP) is 5.23. The molecule has 1 amide bonds. The van der Waals surface area contributed by atoms with Gasteiger partial charge >= 0.3 is 0 Å². The van der Waals surface area contributed by atoms with Gasteiger partial charge in [0.05, 0.1) is 17.7 Å². The molecule has 3 aromatic carbocycles. The topological polar surface area (TPSA) is 66.8 Å². The standard InChI is InChI=1S/C27H24FNO4/c1-17(2)33-22-14-10-20(11-15-22)25(30)23-24(19-6-4-3-5-7-19)29(27(32)26(23)31)16-18-8-12-21(28)13-9-18/h3-15,17,24,30H,16H2,1-2H3/b25-23-. The fraction of sp³-hybridized carbons (Fsp3) is 0.185. The lowest BCUT2D eigenvalue weighted by Gasteiger charge is -2.25. The van der Waals surface area contributed by atoms with Crippen LogP contribution in [0, 0.1) is 5.82 Å². The first kappa shape index (κ1) is 22.3. The number of carbonyl (C=O) groups is 2. The van der Waals surface area contributed by atoms with E-state index in [0.29, 0.717) is 22.4 Å². The zero-order chi connectivity index (χ0) is 23.5. The van der Waals surface area contributed by atoms with Crippen molar-refractivity contribution in [2.45, 2.75) is 32.5 Å². The minimum absolute atomic E-state index is 0.000635. The van der Waals surface area contributed by atoms with Gasteiger partial charge in [0.2, 0.25) is 0 Å². The molecule has 33 heavy (non-hydrogen) atoms. The van der Waals surface area contributed by atoms with E-state index >= 15 is 0 Å². The molecule has 6 heteroatoms. The predicted molar refractivity (Wildman–Crippen MR) is 123 cm³/mol. The average Bonchev–Trinajstić information content (AvgIpc) is 3.05. The summed E-state index contributed by atoms with van der Waals surface area (Å²) < 4.78 is 19.0. The zero-order valence-electron chi connectivity index (χ0n) is 18.4. The second-order valence-corrected chi connectivity index (χ2v) is 8.16. The summed E-state index contributed by atoms with van der Waals surface area (Å²) in [7, 11) is 0. The number of aliphatic hydroxyl groups excluding tert-OH is 1. The number of likely N-dealkylation sites (tertiary alicyclic amines) is 1. The number of benzene rings is 3. The zero-order valence-corrected chi connectivity index (χ0v) is 18.4. The van der Waals surface area contributed by atoms with Crippen molar-refractivity contribution >= 4 is 17.4 Å². The molecule has 168 valence electrons. The van der Waals surface area contributed by atoms with E-state index in [1.54, 1.807) is 48.5 Å². The monoisotopic (exact) mass is 445 g/mol. The van der Waals surface area contributed by atoms with Crippen molar-refractivity contribution in [2.75, 3.05) is 0 Å². The number of amides is 1. The minimum atomic E-state index is -0.775. The number of carbonyl (C=O) groups excluding carboxylic acids is 2. The van der Waals surface area contributed by atoms with Crippen LogP contribution >= 0.6 is 0 Å². The summed E-state index contributed by atoms with van der Waals surface area (Å²) in [6.07, 6.45) is -0.000635. The van der Waals surface area contributed by atoms with Gasteiger partial charge in [-0.25, -0.2) is 4.39 Å². The van der Waals surface area contributed by atoms with Gasteiger partial charge in [-0.05, 0) is 61.4 Å². The summed E-state index contributed by atoms with van der Waals surface area (Å²) in [6, 6.07) is 20.8. The lowest BCUT2D eigenvalue weighted by Crippen LogP contribution is -2.29. The summed E-state index contributed by atoms with van der Waals surface area (Å²) in [5.74, 6) is -1.47. The van der Waals surface area contributed by atoms with E-state index in [2.05, 4.69) is 0 Å². The van der Waals surface area contributed by atoms with Crippen molar-refractivity contribution in [3.8, 4) is 5.75 Å². The number of halogens is 1. The number of rotatable bonds is 6.